The minimum absolute atomic E-state index is 0. The van der Waals surface area contributed by atoms with Gasteiger partial charge < -0.3 is 30.9 Å². The molecule has 0 radical (unpaired) electrons. The summed E-state index contributed by atoms with van der Waals surface area (Å²) in [5, 5.41) is 17.4. The third-order valence-electron chi connectivity index (χ3n) is 6.11. The smallest absolute Gasteiger partial charge is 0.538 e. The zero-order valence-electron chi connectivity index (χ0n) is 19.7. The van der Waals surface area contributed by atoms with E-state index in [2.05, 4.69) is 21.5 Å². The second-order valence-electron chi connectivity index (χ2n) is 9.22. The van der Waals surface area contributed by atoms with E-state index in [-0.39, 0.29) is 49.1 Å². The van der Waals surface area contributed by atoms with Crippen molar-refractivity contribution in [1.82, 2.24) is 5.16 Å². The number of fused-ring (bicyclic) bond motifs is 2. The largest absolute Gasteiger partial charge is 2.00 e. The monoisotopic (exact) mass is 675 g/mol. The topological polar surface area (TPSA) is 97.0 Å². The van der Waals surface area contributed by atoms with Crippen LogP contribution in [0.15, 0.2) is 21.6 Å². The molecule has 3 aliphatic rings. The molecule has 1 unspecified atom stereocenters. The van der Waals surface area contributed by atoms with E-state index in [4.69, 9.17) is 9.26 Å². The fourth-order valence-corrected chi connectivity index (χ4v) is 4.54. The first kappa shape index (κ1) is 26.0. The van der Waals surface area contributed by atoms with E-state index >= 15 is 0 Å². The van der Waals surface area contributed by atoms with Gasteiger partial charge in [0.05, 0.1) is 12.1 Å². The average Bonchev–Trinajstić information content (AvgIpc) is 3.52. The molecule has 2 heterocycles. The van der Waals surface area contributed by atoms with Crippen LogP contribution in [0.1, 0.15) is 74.2 Å². The number of nitrogens with one attached hydrogen (secondary N) is 1. The van der Waals surface area contributed by atoms with Crippen molar-refractivity contribution in [2.75, 3.05) is 11.9 Å². The summed E-state index contributed by atoms with van der Waals surface area (Å²) in [5.74, 6) is 0.255. The Labute approximate surface area is 219 Å². The van der Waals surface area contributed by atoms with Gasteiger partial charge in [0.2, 0.25) is 0 Å². The molecule has 5 rings (SSSR count). The fourth-order valence-electron chi connectivity index (χ4n) is 4.54. The van der Waals surface area contributed by atoms with Crippen molar-refractivity contribution >= 4 is 18.0 Å². The second-order valence-corrected chi connectivity index (χ2v) is 9.22. The number of aliphatic imine (C=N–C) groups is 1. The summed E-state index contributed by atoms with van der Waals surface area (Å²) in [6.45, 7) is 7.24. The summed E-state index contributed by atoms with van der Waals surface area (Å²) in [6.07, 6.45) is 10.6. The van der Waals surface area contributed by atoms with Crippen molar-refractivity contribution in [1.29, 1.82) is 0 Å². The number of aromatic nitrogens is 1. The summed E-state index contributed by atoms with van der Waals surface area (Å²) in [5.41, 5.74) is 4.19. The summed E-state index contributed by atoms with van der Waals surface area (Å²) in [4.78, 5) is 16.3. The maximum absolute atomic E-state index is 11.9. The molecule has 2 N–H and O–H groups in total. The van der Waals surface area contributed by atoms with Gasteiger partial charge in [-0.1, -0.05) is 11.2 Å². The molecule has 0 saturated carbocycles. The number of aryl methyl sites for hydroxylation is 2. The van der Waals surface area contributed by atoms with Gasteiger partial charge in [-0.2, -0.15) is 13.8 Å². The van der Waals surface area contributed by atoms with Crippen LogP contribution in [-0.4, -0.2) is 29.1 Å². The Morgan fingerprint density at radius 1 is 1.12 bits per heavy atom. The molecule has 0 bridgehead atoms. The first-order valence-electron chi connectivity index (χ1n) is 11.3. The maximum atomic E-state index is 11.9. The van der Waals surface area contributed by atoms with Gasteiger partial charge in [-0.25, -0.2) is 11.3 Å². The molecular weight excluding hydrogens is 644 g/mol. The molecule has 1 atom stereocenters. The van der Waals surface area contributed by atoms with E-state index in [1.807, 2.05) is 26.6 Å². The van der Waals surface area contributed by atoms with E-state index < -0.39 is 11.2 Å². The van der Waals surface area contributed by atoms with Gasteiger partial charge >= 0.3 is 31.1 Å². The SMILES string of the molecule is CC(C)(O)c1cc(C2([C-]=O)CN=C(Nc3c4c(cc5c3CCC5)CCC4)O2)no1.C[CH-]C.[U+2]. The molecule has 1 aromatic heterocycles. The Balaban J connectivity index is 0.000000728. The van der Waals surface area contributed by atoms with Crippen LogP contribution in [0.5, 0.6) is 0 Å². The van der Waals surface area contributed by atoms with E-state index in [0.29, 0.717) is 6.02 Å². The molecule has 0 saturated heterocycles. The molecule has 2 aliphatic carbocycles. The summed E-state index contributed by atoms with van der Waals surface area (Å²) in [7, 11) is 0. The molecule has 174 valence electrons. The summed E-state index contributed by atoms with van der Waals surface area (Å²) < 4.78 is 11.2. The van der Waals surface area contributed by atoms with E-state index in [9.17, 15) is 9.90 Å². The number of hydrogen-bond acceptors (Lipinski definition) is 7. The maximum Gasteiger partial charge on any atom is 2.00 e. The van der Waals surface area contributed by atoms with Crippen LogP contribution in [0.3, 0.4) is 0 Å². The van der Waals surface area contributed by atoms with Crippen LogP contribution >= 0.6 is 0 Å². The van der Waals surface area contributed by atoms with Crippen molar-refractivity contribution in [3.63, 3.8) is 0 Å². The summed E-state index contributed by atoms with van der Waals surface area (Å²) >= 11 is 0. The van der Waals surface area contributed by atoms with E-state index in [0.717, 1.165) is 44.2 Å². The average molecular weight is 676 g/mol. The number of amidine groups is 1. The van der Waals surface area contributed by atoms with Crippen molar-refractivity contribution in [3.8, 4) is 0 Å². The number of rotatable bonds is 4. The van der Waals surface area contributed by atoms with Crippen LogP contribution in [0.4, 0.5) is 5.69 Å². The Kier molecular flexibility index (Phi) is 8.14. The third-order valence-corrected chi connectivity index (χ3v) is 6.11. The molecule has 8 heteroatoms. The Morgan fingerprint density at radius 2 is 1.73 bits per heavy atom. The zero-order valence-corrected chi connectivity index (χ0v) is 23.9. The van der Waals surface area contributed by atoms with Gasteiger partial charge in [0, 0.05) is 11.8 Å². The molecule has 7 nitrogen and oxygen atoms in total. The summed E-state index contributed by atoms with van der Waals surface area (Å²) in [6, 6.07) is 4.20. The van der Waals surface area contributed by atoms with E-state index in [1.165, 1.54) is 28.3 Å². The minimum Gasteiger partial charge on any atom is -0.538 e. The number of aliphatic hydroxyl groups is 1. The van der Waals surface area contributed by atoms with Gasteiger partial charge in [0.15, 0.2) is 5.76 Å². The third kappa shape index (κ3) is 5.08. The molecule has 1 aromatic carbocycles. The number of benzene rings is 1. The standard InChI is InChI=1S/C22H24N3O4.C3H7.U/c1-21(2,27)18-10-17(25-29-18)22(12-26)11-23-20(28-22)24-19-15-7-3-5-13(15)9-14-6-4-8-16(14)19;1-3-2;/h9-10,27H,3-8,11H2,1-2H3,(H,23,24);3H,1-2H3;/q2*-1;+2. The quantitative estimate of drug-likeness (QED) is 0.478. The van der Waals surface area contributed by atoms with Gasteiger partial charge in [0.25, 0.3) is 6.02 Å². The van der Waals surface area contributed by atoms with Crippen molar-refractivity contribution in [2.24, 2.45) is 4.99 Å². The number of hydrogen-bond donors (Lipinski definition) is 2. The van der Waals surface area contributed by atoms with Gasteiger partial charge in [-0.05, 0) is 74.6 Å². The number of anilines is 1. The first-order chi connectivity index (χ1) is 15.3. The van der Waals surface area contributed by atoms with Crippen molar-refractivity contribution < 1.29 is 50.3 Å². The van der Waals surface area contributed by atoms with Crippen LogP contribution in [0.2, 0.25) is 0 Å². The molecule has 33 heavy (non-hydrogen) atoms. The van der Waals surface area contributed by atoms with Crippen LogP contribution in [0, 0.1) is 37.5 Å². The predicted octanol–water partition coefficient (Wildman–Crippen LogP) is 3.91. The van der Waals surface area contributed by atoms with Crippen LogP contribution < -0.4 is 5.32 Å². The van der Waals surface area contributed by atoms with Gasteiger partial charge in [-0.3, -0.25) is 0 Å². The molecular formula is C25H31N3O4U. The van der Waals surface area contributed by atoms with Crippen LogP contribution in [0.25, 0.3) is 0 Å². The minimum atomic E-state index is -1.46. The molecule has 2 aromatic rings. The van der Waals surface area contributed by atoms with E-state index in [1.54, 1.807) is 13.8 Å². The fraction of sp³-hybridized carbons (Fsp3) is 0.520. The number of nitrogens with zero attached hydrogens (tertiary/aromatic N) is 2. The molecule has 0 amide bonds. The van der Waals surface area contributed by atoms with Gasteiger partial charge in [0.1, 0.15) is 11.3 Å². The zero-order chi connectivity index (χ0) is 22.9. The van der Waals surface area contributed by atoms with Crippen molar-refractivity contribution in [2.45, 2.75) is 77.4 Å². The van der Waals surface area contributed by atoms with Crippen molar-refractivity contribution in [3.05, 3.63) is 52.3 Å². The molecule has 0 fully saturated rings. The predicted molar refractivity (Wildman–Crippen MR) is 122 cm³/mol. The molecule has 1 aliphatic heterocycles. The molecule has 0 spiro atoms. The Morgan fingerprint density at radius 3 is 2.24 bits per heavy atom. The normalized spacial score (nSPS) is 20.6. The number of carbonyl (C=O) groups excluding carboxylic acids is 1. The first-order valence-corrected chi connectivity index (χ1v) is 11.3. The van der Waals surface area contributed by atoms with Crippen LogP contribution in [-0.2, 0) is 46.4 Å². The second kappa shape index (κ2) is 10.3. The Hall–Kier alpha value is -1.62. The Bertz CT molecular complexity index is 1010. The number of ether oxygens (including phenoxy) is 1. The van der Waals surface area contributed by atoms with Gasteiger partial charge in [-0.15, -0.1) is 0 Å².